The van der Waals surface area contributed by atoms with Gasteiger partial charge in [0.15, 0.2) is 0 Å². The van der Waals surface area contributed by atoms with Crippen LogP contribution in [0, 0.1) is 0 Å². The maximum atomic E-state index is 2.33. The Labute approximate surface area is 113 Å². The summed E-state index contributed by atoms with van der Waals surface area (Å²) in [7, 11) is 0. The first-order chi connectivity index (χ1) is 8.93. The lowest BCUT2D eigenvalue weighted by Crippen LogP contribution is -2.02. The SMILES string of the molecule is C1=C[C@@H](c2ccccc2)S[C@@H](c2ccccc2)C1. The zero-order valence-corrected chi connectivity index (χ0v) is 11.0. The fraction of sp³-hybridized carbons (Fsp3) is 0.176. The summed E-state index contributed by atoms with van der Waals surface area (Å²) in [5.41, 5.74) is 2.84. The fourth-order valence-corrected chi connectivity index (χ4v) is 3.72. The second kappa shape index (κ2) is 5.45. The van der Waals surface area contributed by atoms with E-state index in [2.05, 4.69) is 84.6 Å². The van der Waals surface area contributed by atoms with E-state index < -0.39 is 0 Å². The molecule has 0 aromatic heterocycles. The van der Waals surface area contributed by atoms with Crippen molar-refractivity contribution < 1.29 is 0 Å². The smallest absolute Gasteiger partial charge is 0.0483 e. The number of hydrogen-bond acceptors (Lipinski definition) is 1. The van der Waals surface area contributed by atoms with Gasteiger partial charge < -0.3 is 0 Å². The number of benzene rings is 2. The Morgan fingerprint density at radius 2 is 1.39 bits per heavy atom. The molecule has 0 spiro atoms. The van der Waals surface area contributed by atoms with Gasteiger partial charge in [0.2, 0.25) is 0 Å². The maximum Gasteiger partial charge on any atom is 0.0483 e. The van der Waals surface area contributed by atoms with Crippen LogP contribution in [0.2, 0.25) is 0 Å². The zero-order valence-electron chi connectivity index (χ0n) is 10.2. The van der Waals surface area contributed by atoms with Gasteiger partial charge in [0, 0.05) is 10.5 Å². The van der Waals surface area contributed by atoms with E-state index in [1.807, 2.05) is 0 Å². The Morgan fingerprint density at radius 3 is 2.06 bits per heavy atom. The van der Waals surface area contributed by atoms with Crippen molar-refractivity contribution in [2.75, 3.05) is 0 Å². The summed E-state index contributed by atoms with van der Waals surface area (Å²) in [6.45, 7) is 0. The van der Waals surface area contributed by atoms with Crippen LogP contribution >= 0.6 is 11.8 Å². The van der Waals surface area contributed by atoms with Crippen LogP contribution < -0.4 is 0 Å². The molecule has 2 aromatic rings. The molecule has 0 saturated carbocycles. The van der Waals surface area contributed by atoms with Crippen LogP contribution in [-0.4, -0.2) is 0 Å². The second-order valence-corrected chi connectivity index (χ2v) is 5.88. The molecule has 0 unspecified atom stereocenters. The number of allylic oxidation sites excluding steroid dienone is 1. The van der Waals surface area contributed by atoms with Crippen LogP contribution in [0.4, 0.5) is 0 Å². The third kappa shape index (κ3) is 2.51. The Balaban J connectivity index is 1.81. The summed E-state index contributed by atoms with van der Waals surface area (Å²) in [5, 5.41) is 1.08. The first-order valence-corrected chi connectivity index (χ1v) is 7.30. The maximum absolute atomic E-state index is 2.33. The summed E-state index contributed by atoms with van der Waals surface area (Å²) in [5.74, 6) is 0. The highest BCUT2D eigenvalue weighted by Gasteiger charge is 2.20. The number of thioether (sulfide) groups is 1. The predicted octanol–water partition coefficient (Wildman–Crippen LogP) is 5.16. The van der Waals surface area contributed by atoms with Crippen LogP contribution in [0.3, 0.4) is 0 Å². The molecule has 0 bridgehead atoms. The van der Waals surface area contributed by atoms with E-state index in [-0.39, 0.29) is 0 Å². The van der Waals surface area contributed by atoms with Gasteiger partial charge in [0.05, 0.1) is 0 Å². The van der Waals surface area contributed by atoms with Gasteiger partial charge in [0.25, 0.3) is 0 Å². The average Bonchev–Trinajstić information content (AvgIpc) is 2.49. The highest BCUT2D eigenvalue weighted by molar-refractivity contribution is 8.00. The first-order valence-electron chi connectivity index (χ1n) is 6.35. The zero-order chi connectivity index (χ0) is 12.2. The van der Waals surface area contributed by atoms with Gasteiger partial charge in [-0.1, -0.05) is 72.8 Å². The minimum atomic E-state index is 0.491. The Kier molecular flexibility index (Phi) is 3.51. The molecule has 1 heteroatoms. The molecule has 1 aliphatic heterocycles. The normalized spacial score (nSPS) is 22.9. The van der Waals surface area contributed by atoms with Crippen LogP contribution in [0.15, 0.2) is 72.8 Å². The van der Waals surface area contributed by atoms with Gasteiger partial charge in [-0.15, -0.1) is 11.8 Å². The highest BCUT2D eigenvalue weighted by Crippen LogP contribution is 2.46. The van der Waals surface area contributed by atoms with Gasteiger partial charge >= 0.3 is 0 Å². The van der Waals surface area contributed by atoms with E-state index in [1.54, 1.807) is 0 Å². The van der Waals surface area contributed by atoms with Gasteiger partial charge in [-0.2, -0.15) is 0 Å². The molecule has 90 valence electrons. The van der Waals surface area contributed by atoms with Crippen molar-refractivity contribution in [3.8, 4) is 0 Å². The molecule has 0 amide bonds. The van der Waals surface area contributed by atoms with E-state index in [9.17, 15) is 0 Å². The molecule has 1 aliphatic rings. The topological polar surface area (TPSA) is 0 Å². The number of hydrogen-bond donors (Lipinski definition) is 0. The third-order valence-corrected chi connectivity index (χ3v) is 4.79. The summed E-state index contributed by atoms with van der Waals surface area (Å²) in [4.78, 5) is 0. The lowest BCUT2D eigenvalue weighted by molar-refractivity contribution is 0.933. The molecule has 0 N–H and O–H groups in total. The van der Waals surface area contributed by atoms with E-state index in [1.165, 1.54) is 11.1 Å². The van der Waals surface area contributed by atoms with Crippen molar-refractivity contribution in [3.63, 3.8) is 0 Å². The Hall–Kier alpha value is -1.47. The van der Waals surface area contributed by atoms with Crippen LogP contribution in [0.25, 0.3) is 0 Å². The molecule has 0 nitrogen and oxygen atoms in total. The second-order valence-electron chi connectivity index (χ2n) is 4.53. The fourth-order valence-electron chi connectivity index (χ4n) is 2.32. The predicted molar refractivity (Wildman–Crippen MR) is 79.7 cm³/mol. The van der Waals surface area contributed by atoms with E-state index in [0.29, 0.717) is 10.5 Å². The monoisotopic (exact) mass is 252 g/mol. The van der Waals surface area contributed by atoms with Gasteiger partial charge in [-0.25, -0.2) is 0 Å². The lowest BCUT2D eigenvalue weighted by Gasteiger charge is -2.25. The first kappa shape index (κ1) is 11.6. The van der Waals surface area contributed by atoms with Crippen molar-refractivity contribution in [1.29, 1.82) is 0 Å². The quantitative estimate of drug-likeness (QED) is 0.665. The van der Waals surface area contributed by atoms with E-state index >= 15 is 0 Å². The van der Waals surface area contributed by atoms with Crippen molar-refractivity contribution in [3.05, 3.63) is 83.9 Å². The largest absolute Gasteiger partial charge is 0.141 e. The summed E-state index contributed by atoms with van der Waals surface area (Å²) >= 11 is 2.05. The standard InChI is InChI=1S/C17H16S/c1-3-8-14(9-4-1)16-12-7-13-17(18-16)15-10-5-2-6-11-15/h1-12,16-17H,13H2/t16-,17+/m0/s1. The molecular weight excluding hydrogens is 236 g/mol. The molecular formula is C17H16S. The highest BCUT2D eigenvalue weighted by atomic mass is 32.2. The summed E-state index contributed by atoms with van der Waals surface area (Å²) in [6.07, 6.45) is 5.79. The molecule has 2 aromatic carbocycles. The average molecular weight is 252 g/mol. The molecule has 0 radical (unpaired) electrons. The summed E-state index contributed by atoms with van der Waals surface area (Å²) < 4.78 is 0. The Bertz CT molecular complexity index is 516. The molecule has 1 heterocycles. The molecule has 0 saturated heterocycles. The summed E-state index contributed by atoms with van der Waals surface area (Å²) in [6, 6.07) is 21.6. The van der Waals surface area contributed by atoms with Crippen molar-refractivity contribution >= 4 is 11.8 Å². The third-order valence-electron chi connectivity index (χ3n) is 3.27. The Morgan fingerprint density at radius 1 is 0.778 bits per heavy atom. The van der Waals surface area contributed by atoms with Gasteiger partial charge in [0.1, 0.15) is 0 Å². The minimum Gasteiger partial charge on any atom is -0.141 e. The van der Waals surface area contributed by atoms with E-state index in [0.717, 1.165) is 6.42 Å². The minimum absolute atomic E-state index is 0.491. The van der Waals surface area contributed by atoms with Gasteiger partial charge in [-0.3, -0.25) is 0 Å². The van der Waals surface area contributed by atoms with Crippen LogP contribution in [0.5, 0.6) is 0 Å². The van der Waals surface area contributed by atoms with Crippen molar-refractivity contribution in [1.82, 2.24) is 0 Å². The van der Waals surface area contributed by atoms with Crippen LogP contribution in [0.1, 0.15) is 28.0 Å². The molecule has 3 rings (SSSR count). The lowest BCUT2D eigenvalue weighted by atomic mass is 10.1. The van der Waals surface area contributed by atoms with Crippen molar-refractivity contribution in [2.24, 2.45) is 0 Å². The van der Waals surface area contributed by atoms with Crippen molar-refractivity contribution in [2.45, 2.75) is 16.9 Å². The van der Waals surface area contributed by atoms with E-state index in [4.69, 9.17) is 0 Å². The van der Waals surface area contributed by atoms with Gasteiger partial charge in [-0.05, 0) is 17.5 Å². The number of rotatable bonds is 2. The molecule has 18 heavy (non-hydrogen) atoms. The molecule has 0 fully saturated rings. The molecule has 0 aliphatic carbocycles. The molecule has 2 atom stereocenters. The van der Waals surface area contributed by atoms with Crippen LogP contribution in [-0.2, 0) is 0 Å².